The van der Waals surface area contributed by atoms with Gasteiger partial charge in [0.1, 0.15) is 17.9 Å². The number of unbranched alkanes of at least 4 members (excludes halogenated alkanes) is 1. The standard InChI is InChI=1S/C35H47FN4O5/c1-6-7-15-40-22-28(26-10-14-37-20-27(26)33(40)41)25-8-9-31(32(19-25)43-5)44-30-13-16-38(23-29(30)36)21-24-11-17-39(18-12-24)34(42)45-35(2,3)4/h8-10,14,19-20,22,24,29-30H,6-7,11-13,15-18,21,23H2,1-5H3/t29-,30-/m0/s1. The first kappa shape index (κ1) is 32.7. The van der Waals surface area contributed by atoms with Crippen LogP contribution in [-0.2, 0) is 11.3 Å². The Hall–Kier alpha value is -3.66. The van der Waals surface area contributed by atoms with Crippen molar-refractivity contribution in [3.05, 3.63) is 53.2 Å². The van der Waals surface area contributed by atoms with Gasteiger partial charge in [-0.15, -0.1) is 0 Å². The minimum atomic E-state index is -1.14. The molecule has 0 radical (unpaired) electrons. The lowest BCUT2D eigenvalue weighted by molar-refractivity contribution is 0.00417. The van der Waals surface area contributed by atoms with Crippen molar-refractivity contribution < 1.29 is 23.4 Å². The number of alkyl halides is 1. The number of ether oxygens (including phenoxy) is 3. The topological polar surface area (TPSA) is 86.1 Å². The van der Waals surface area contributed by atoms with E-state index < -0.39 is 17.9 Å². The Morgan fingerprint density at radius 3 is 2.53 bits per heavy atom. The third-order valence-electron chi connectivity index (χ3n) is 8.74. The number of likely N-dealkylation sites (tertiary alicyclic amines) is 2. The SMILES string of the molecule is CCCCn1cc(-c2ccc(O[C@H]3CCN(CC4CCN(C(=O)OC(C)(C)C)CC4)C[C@@H]3F)c(OC)c2)c2ccncc2c1=O. The summed E-state index contributed by atoms with van der Waals surface area (Å²) in [6.07, 6.45) is 7.49. The second-order valence-electron chi connectivity index (χ2n) is 13.3. The van der Waals surface area contributed by atoms with E-state index in [9.17, 15) is 9.59 Å². The molecule has 4 heterocycles. The molecule has 1 aromatic carbocycles. The number of carbonyl (C=O) groups excluding carboxylic acids is 1. The second-order valence-corrected chi connectivity index (χ2v) is 13.3. The summed E-state index contributed by atoms with van der Waals surface area (Å²) in [4.78, 5) is 33.6. The minimum absolute atomic E-state index is 0.0474. The fraction of sp³-hybridized carbons (Fsp3) is 0.571. The lowest BCUT2D eigenvalue weighted by Crippen LogP contribution is -2.49. The van der Waals surface area contributed by atoms with E-state index in [0.29, 0.717) is 55.4 Å². The monoisotopic (exact) mass is 622 g/mol. The van der Waals surface area contributed by atoms with Crippen LogP contribution < -0.4 is 15.0 Å². The molecule has 5 rings (SSSR count). The van der Waals surface area contributed by atoms with Gasteiger partial charge in [0.05, 0.1) is 12.5 Å². The van der Waals surface area contributed by atoms with Gasteiger partial charge in [0, 0.05) is 63.4 Å². The first-order chi connectivity index (χ1) is 21.6. The number of benzene rings is 1. The number of pyridine rings is 2. The molecule has 0 saturated carbocycles. The van der Waals surface area contributed by atoms with Gasteiger partial charge in [-0.2, -0.15) is 0 Å². The van der Waals surface area contributed by atoms with Crippen LogP contribution in [0.4, 0.5) is 9.18 Å². The average Bonchev–Trinajstić information content (AvgIpc) is 3.02. The van der Waals surface area contributed by atoms with Crippen LogP contribution >= 0.6 is 0 Å². The van der Waals surface area contributed by atoms with Crippen molar-refractivity contribution in [2.75, 3.05) is 39.8 Å². The van der Waals surface area contributed by atoms with Gasteiger partial charge in [-0.05, 0) is 81.5 Å². The van der Waals surface area contributed by atoms with Crippen LogP contribution in [0.1, 0.15) is 59.8 Å². The molecule has 0 aliphatic carbocycles. The summed E-state index contributed by atoms with van der Waals surface area (Å²) >= 11 is 0. The van der Waals surface area contributed by atoms with Crippen molar-refractivity contribution in [1.82, 2.24) is 19.4 Å². The molecule has 2 atom stereocenters. The maximum atomic E-state index is 15.5. The Labute approximate surface area is 265 Å². The van der Waals surface area contributed by atoms with E-state index in [2.05, 4.69) is 16.8 Å². The van der Waals surface area contributed by atoms with Gasteiger partial charge in [0.2, 0.25) is 0 Å². The first-order valence-electron chi connectivity index (χ1n) is 16.2. The normalized spacial score (nSPS) is 19.9. The zero-order chi connectivity index (χ0) is 32.1. The Bertz CT molecular complexity index is 1530. The maximum absolute atomic E-state index is 15.5. The largest absolute Gasteiger partial charge is 0.493 e. The number of halogens is 1. The molecular formula is C35H47FN4O5. The van der Waals surface area contributed by atoms with Gasteiger partial charge in [-0.1, -0.05) is 19.4 Å². The minimum Gasteiger partial charge on any atom is -0.493 e. The highest BCUT2D eigenvalue weighted by molar-refractivity contribution is 5.95. The molecule has 2 fully saturated rings. The number of nitrogens with zero attached hydrogens (tertiary/aromatic N) is 4. The van der Waals surface area contributed by atoms with Crippen LogP contribution in [-0.4, -0.2) is 83.2 Å². The van der Waals surface area contributed by atoms with Crippen LogP contribution in [0.3, 0.4) is 0 Å². The zero-order valence-corrected chi connectivity index (χ0v) is 27.3. The number of aromatic nitrogens is 2. The zero-order valence-electron chi connectivity index (χ0n) is 27.3. The van der Waals surface area contributed by atoms with Crippen molar-refractivity contribution in [2.45, 2.75) is 84.2 Å². The number of carbonyl (C=O) groups is 1. The van der Waals surface area contributed by atoms with Crippen molar-refractivity contribution >= 4 is 16.9 Å². The number of methoxy groups -OCH3 is 1. The number of hydrogen-bond acceptors (Lipinski definition) is 7. The summed E-state index contributed by atoms with van der Waals surface area (Å²) < 4.78 is 34.7. The number of aryl methyl sites for hydroxylation is 1. The molecule has 0 spiro atoms. The highest BCUT2D eigenvalue weighted by Gasteiger charge is 2.34. The molecular weight excluding hydrogens is 575 g/mol. The van der Waals surface area contributed by atoms with Crippen molar-refractivity contribution in [2.24, 2.45) is 5.92 Å². The summed E-state index contributed by atoms with van der Waals surface area (Å²) in [7, 11) is 1.58. The number of amides is 1. The smallest absolute Gasteiger partial charge is 0.410 e. The Kier molecular flexibility index (Phi) is 10.3. The van der Waals surface area contributed by atoms with E-state index in [1.165, 1.54) is 0 Å². The molecule has 0 bridgehead atoms. The summed E-state index contributed by atoms with van der Waals surface area (Å²) in [6, 6.07) is 7.53. The highest BCUT2D eigenvalue weighted by atomic mass is 19.1. The Balaban J connectivity index is 1.21. The molecule has 0 N–H and O–H groups in total. The molecule has 2 aliphatic heterocycles. The molecule has 2 saturated heterocycles. The van der Waals surface area contributed by atoms with E-state index in [1.54, 1.807) is 29.0 Å². The predicted molar refractivity (Wildman–Crippen MR) is 174 cm³/mol. The third kappa shape index (κ3) is 7.95. The second kappa shape index (κ2) is 14.2. The van der Waals surface area contributed by atoms with Crippen LogP contribution in [0.2, 0.25) is 0 Å². The van der Waals surface area contributed by atoms with Gasteiger partial charge in [0.15, 0.2) is 11.5 Å². The van der Waals surface area contributed by atoms with Gasteiger partial charge in [-0.25, -0.2) is 9.18 Å². The van der Waals surface area contributed by atoms with Crippen LogP contribution in [0.25, 0.3) is 21.9 Å². The number of rotatable bonds is 9. The number of fused-ring (bicyclic) bond motifs is 1. The predicted octanol–water partition coefficient (Wildman–Crippen LogP) is 6.31. The average molecular weight is 623 g/mol. The third-order valence-corrected chi connectivity index (χ3v) is 8.74. The van der Waals surface area contributed by atoms with Crippen molar-refractivity contribution in [3.63, 3.8) is 0 Å². The Morgan fingerprint density at radius 2 is 1.84 bits per heavy atom. The van der Waals surface area contributed by atoms with Gasteiger partial charge in [0.25, 0.3) is 5.56 Å². The highest BCUT2D eigenvalue weighted by Crippen LogP contribution is 2.36. The van der Waals surface area contributed by atoms with E-state index in [-0.39, 0.29) is 11.7 Å². The molecule has 1 amide bonds. The molecule has 2 aliphatic rings. The summed E-state index contributed by atoms with van der Waals surface area (Å²) in [5.74, 6) is 1.44. The maximum Gasteiger partial charge on any atom is 0.410 e. The van der Waals surface area contributed by atoms with E-state index in [4.69, 9.17) is 14.2 Å². The molecule has 3 aromatic rings. The molecule has 244 valence electrons. The van der Waals surface area contributed by atoms with Gasteiger partial charge in [-0.3, -0.25) is 14.7 Å². The lowest BCUT2D eigenvalue weighted by Gasteiger charge is -2.39. The molecule has 2 aromatic heterocycles. The summed E-state index contributed by atoms with van der Waals surface area (Å²) in [5.41, 5.74) is 1.23. The van der Waals surface area contributed by atoms with Crippen LogP contribution in [0, 0.1) is 5.92 Å². The summed E-state index contributed by atoms with van der Waals surface area (Å²) in [5, 5.41) is 1.40. The molecule has 10 heteroatoms. The van der Waals surface area contributed by atoms with Crippen molar-refractivity contribution in [1.29, 1.82) is 0 Å². The van der Waals surface area contributed by atoms with Crippen molar-refractivity contribution in [3.8, 4) is 22.6 Å². The van der Waals surface area contributed by atoms with E-state index in [0.717, 1.165) is 55.3 Å². The fourth-order valence-electron chi connectivity index (χ4n) is 6.29. The number of hydrogen-bond donors (Lipinski definition) is 0. The Morgan fingerprint density at radius 1 is 1.07 bits per heavy atom. The van der Waals surface area contributed by atoms with E-state index >= 15 is 4.39 Å². The quantitative estimate of drug-likeness (QED) is 0.277. The molecule has 0 unspecified atom stereocenters. The van der Waals surface area contributed by atoms with Gasteiger partial charge < -0.3 is 23.7 Å². The van der Waals surface area contributed by atoms with E-state index in [1.807, 2.05) is 51.2 Å². The van der Waals surface area contributed by atoms with Crippen LogP contribution in [0.5, 0.6) is 11.5 Å². The number of piperidine rings is 2. The summed E-state index contributed by atoms with van der Waals surface area (Å²) in [6.45, 7) is 11.6. The lowest BCUT2D eigenvalue weighted by atomic mass is 9.95. The van der Waals surface area contributed by atoms with Gasteiger partial charge >= 0.3 is 6.09 Å². The molecule has 9 nitrogen and oxygen atoms in total. The van der Waals surface area contributed by atoms with Crippen LogP contribution in [0.15, 0.2) is 47.7 Å². The first-order valence-corrected chi connectivity index (χ1v) is 16.2. The molecule has 45 heavy (non-hydrogen) atoms. The fourth-order valence-corrected chi connectivity index (χ4v) is 6.29.